The van der Waals surface area contributed by atoms with Crippen molar-refractivity contribution in [1.29, 1.82) is 0 Å². The maximum atomic E-state index is 12.9. The first-order chi connectivity index (χ1) is 15.3. The predicted molar refractivity (Wildman–Crippen MR) is 126 cm³/mol. The summed E-state index contributed by atoms with van der Waals surface area (Å²) in [5.74, 6) is 0. The van der Waals surface area contributed by atoms with E-state index in [0.717, 1.165) is 14.7 Å². The Morgan fingerprint density at radius 1 is 0.875 bits per heavy atom. The van der Waals surface area contributed by atoms with Gasteiger partial charge in [0.25, 0.3) is 15.6 Å². The second kappa shape index (κ2) is 7.47. The lowest BCUT2D eigenvalue weighted by molar-refractivity contribution is 0.592. The number of H-pyrrole nitrogens is 1. The van der Waals surface area contributed by atoms with Gasteiger partial charge >= 0.3 is 5.69 Å². The van der Waals surface area contributed by atoms with Crippen LogP contribution in [0.1, 0.15) is 5.56 Å². The van der Waals surface area contributed by atoms with Crippen molar-refractivity contribution in [3.8, 4) is 5.69 Å². The predicted octanol–water partition coefficient (Wildman–Crippen LogP) is 3.83. The summed E-state index contributed by atoms with van der Waals surface area (Å²) in [6.07, 6.45) is 0. The maximum absolute atomic E-state index is 12.9. The molecule has 0 spiro atoms. The van der Waals surface area contributed by atoms with Gasteiger partial charge in [0.1, 0.15) is 4.21 Å². The van der Waals surface area contributed by atoms with Gasteiger partial charge in [-0.25, -0.2) is 9.36 Å². The van der Waals surface area contributed by atoms with Gasteiger partial charge in [0.15, 0.2) is 0 Å². The molecule has 0 saturated heterocycles. The van der Waals surface area contributed by atoms with Gasteiger partial charge in [-0.15, -0.1) is 11.3 Å². The molecule has 0 unspecified atom stereocenters. The van der Waals surface area contributed by atoms with E-state index in [2.05, 4.69) is 9.71 Å². The minimum absolute atomic E-state index is 0.199. The first-order valence-electron chi connectivity index (χ1n) is 9.66. The van der Waals surface area contributed by atoms with Crippen LogP contribution in [0.5, 0.6) is 0 Å². The molecular weight excluding hydrogens is 446 g/mol. The van der Waals surface area contributed by atoms with E-state index in [1.807, 2.05) is 24.3 Å². The number of thiophene rings is 1. The summed E-state index contributed by atoms with van der Waals surface area (Å²) in [6.45, 7) is 1.77. The van der Waals surface area contributed by atoms with Gasteiger partial charge < -0.3 is 4.98 Å². The van der Waals surface area contributed by atoms with Crippen molar-refractivity contribution < 1.29 is 8.42 Å². The Bertz CT molecular complexity index is 1710. The molecule has 32 heavy (non-hydrogen) atoms. The molecule has 1 N–H and O–H groups in total. The SMILES string of the molecule is Cc1c(S(=O)(=O)[N]c2ccc(-n3c(=O)[nH]c4ccccc4c3=O)cc2)sc2ccccc12. The lowest BCUT2D eigenvalue weighted by Crippen LogP contribution is -2.33. The molecule has 1 radical (unpaired) electrons. The van der Waals surface area contributed by atoms with E-state index in [1.165, 1.54) is 35.6 Å². The van der Waals surface area contributed by atoms with Crippen LogP contribution in [-0.2, 0) is 10.0 Å². The number of benzene rings is 3. The van der Waals surface area contributed by atoms with Gasteiger partial charge in [-0.3, -0.25) is 4.79 Å². The summed E-state index contributed by atoms with van der Waals surface area (Å²) in [4.78, 5) is 27.9. The summed E-state index contributed by atoms with van der Waals surface area (Å²) in [5, 5.41) is 1.26. The molecule has 0 saturated carbocycles. The van der Waals surface area contributed by atoms with Crippen molar-refractivity contribution in [3.05, 3.63) is 99.2 Å². The number of rotatable bonds is 4. The van der Waals surface area contributed by atoms with Gasteiger partial charge in [0, 0.05) is 4.70 Å². The van der Waals surface area contributed by atoms with E-state index in [-0.39, 0.29) is 9.90 Å². The first-order valence-corrected chi connectivity index (χ1v) is 11.9. The Morgan fingerprint density at radius 3 is 2.25 bits per heavy atom. The summed E-state index contributed by atoms with van der Waals surface area (Å²) in [5.41, 5.74) is 0.608. The summed E-state index contributed by atoms with van der Waals surface area (Å²) < 4.78 is 31.9. The van der Waals surface area contributed by atoms with E-state index in [0.29, 0.717) is 22.2 Å². The molecule has 2 aromatic heterocycles. The summed E-state index contributed by atoms with van der Waals surface area (Å²) in [7, 11) is -3.92. The van der Waals surface area contributed by atoms with Gasteiger partial charge in [-0.05, 0) is 60.3 Å². The number of aromatic amines is 1. The third kappa shape index (κ3) is 3.31. The second-order valence-electron chi connectivity index (χ2n) is 7.21. The van der Waals surface area contributed by atoms with Crippen molar-refractivity contribution in [3.63, 3.8) is 0 Å². The smallest absolute Gasteiger partial charge is 0.306 e. The molecule has 0 atom stereocenters. The summed E-state index contributed by atoms with van der Waals surface area (Å²) in [6, 6.07) is 20.2. The molecule has 7 nitrogen and oxygen atoms in total. The normalized spacial score (nSPS) is 11.8. The number of fused-ring (bicyclic) bond motifs is 2. The summed E-state index contributed by atoms with van der Waals surface area (Å²) >= 11 is 1.18. The molecule has 159 valence electrons. The molecule has 0 aliphatic heterocycles. The molecule has 9 heteroatoms. The molecule has 0 bridgehead atoms. The van der Waals surface area contributed by atoms with Crippen LogP contribution >= 0.6 is 11.3 Å². The van der Waals surface area contributed by atoms with Crippen LogP contribution < -0.4 is 16.0 Å². The highest BCUT2D eigenvalue weighted by molar-refractivity contribution is 7.92. The highest BCUT2D eigenvalue weighted by Crippen LogP contribution is 2.34. The Balaban J connectivity index is 1.50. The molecule has 5 aromatic rings. The van der Waals surface area contributed by atoms with Crippen molar-refractivity contribution in [2.75, 3.05) is 0 Å². The fourth-order valence-corrected chi connectivity index (χ4v) is 6.36. The Morgan fingerprint density at radius 2 is 1.53 bits per heavy atom. The highest BCUT2D eigenvalue weighted by atomic mass is 32.2. The van der Waals surface area contributed by atoms with E-state index >= 15 is 0 Å². The van der Waals surface area contributed by atoms with Crippen LogP contribution in [0.3, 0.4) is 0 Å². The number of aryl methyl sites for hydroxylation is 1. The third-order valence-corrected chi connectivity index (χ3v) is 8.35. The van der Waals surface area contributed by atoms with Crippen molar-refractivity contribution in [1.82, 2.24) is 14.3 Å². The molecule has 0 fully saturated rings. The number of hydrogen-bond acceptors (Lipinski definition) is 5. The topological polar surface area (TPSA) is 103 Å². The van der Waals surface area contributed by atoms with Gasteiger partial charge in [0.05, 0.1) is 22.3 Å². The molecule has 5 rings (SSSR count). The van der Waals surface area contributed by atoms with Crippen LogP contribution in [0.4, 0.5) is 5.69 Å². The number of sulfonamides is 1. The minimum Gasteiger partial charge on any atom is -0.306 e. The molecule has 0 aliphatic carbocycles. The van der Waals surface area contributed by atoms with Crippen LogP contribution in [0.15, 0.2) is 86.6 Å². The van der Waals surface area contributed by atoms with Crippen molar-refractivity contribution in [2.45, 2.75) is 11.1 Å². The van der Waals surface area contributed by atoms with E-state index in [1.54, 1.807) is 31.2 Å². The largest absolute Gasteiger partial charge is 0.333 e. The number of para-hydroxylation sites is 1. The molecule has 2 heterocycles. The molecule has 3 aromatic carbocycles. The van der Waals surface area contributed by atoms with Crippen LogP contribution in [-0.4, -0.2) is 18.0 Å². The maximum Gasteiger partial charge on any atom is 0.333 e. The molecule has 0 aliphatic rings. The van der Waals surface area contributed by atoms with E-state index < -0.39 is 21.3 Å². The van der Waals surface area contributed by atoms with Gasteiger partial charge in [0.2, 0.25) is 0 Å². The molecule has 0 amide bonds. The van der Waals surface area contributed by atoms with E-state index in [4.69, 9.17) is 0 Å². The Hall–Kier alpha value is -3.69. The number of aromatic nitrogens is 2. The third-order valence-electron chi connectivity index (χ3n) is 5.17. The average Bonchev–Trinajstić information content (AvgIpc) is 3.12. The zero-order chi connectivity index (χ0) is 22.5. The number of hydrogen-bond donors (Lipinski definition) is 1. The standard InChI is InChI=1S/C23H16N3O4S2/c1-14-17-6-3-5-9-20(17)31-22(14)32(29,30)25-15-10-12-16(13-11-15)26-21(27)18-7-2-4-8-19(18)24-23(26)28/h2-13H,1H3,(H,24,28). The Kier molecular flexibility index (Phi) is 4.72. The van der Waals surface area contributed by atoms with Crippen LogP contribution in [0, 0.1) is 6.92 Å². The second-order valence-corrected chi connectivity index (χ2v) is 10.1. The fourth-order valence-electron chi connectivity index (χ4n) is 3.64. The van der Waals surface area contributed by atoms with Crippen molar-refractivity contribution in [2.24, 2.45) is 0 Å². The average molecular weight is 463 g/mol. The van der Waals surface area contributed by atoms with Gasteiger partial charge in [-0.1, -0.05) is 30.3 Å². The van der Waals surface area contributed by atoms with E-state index in [9.17, 15) is 18.0 Å². The number of nitrogens with zero attached hydrogens (tertiary/aromatic N) is 2. The quantitative estimate of drug-likeness (QED) is 0.438. The zero-order valence-corrected chi connectivity index (χ0v) is 18.4. The highest BCUT2D eigenvalue weighted by Gasteiger charge is 2.23. The lowest BCUT2D eigenvalue weighted by Gasteiger charge is -2.08. The number of nitrogens with one attached hydrogen (secondary N) is 1. The first kappa shape index (κ1) is 20.2. The monoisotopic (exact) mass is 462 g/mol. The zero-order valence-electron chi connectivity index (χ0n) is 16.8. The fraction of sp³-hybridized carbons (Fsp3) is 0.0435. The van der Waals surface area contributed by atoms with Crippen LogP contribution in [0.2, 0.25) is 0 Å². The van der Waals surface area contributed by atoms with Gasteiger partial charge in [-0.2, -0.15) is 13.1 Å². The minimum atomic E-state index is -3.92. The van der Waals surface area contributed by atoms with Crippen molar-refractivity contribution >= 4 is 48.0 Å². The molecular formula is C23H16N3O4S2. The lowest BCUT2D eigenvalue weighted by atomic mass is 10.2. The van der Waals surface area contributed by atoms with Crippen LogP contribution in [0.25, 0.3) is 26.7 Å². The Labute approximate surface area is 186 Å².